The fourth-order valence-electron chi connectivity index (χ4n) is 5.29. The second-order valence-electron chi connectivity index (χ2n) is 9.45. The summed E-state index contributed by atoms with van der Waals surface area (Å²) in [5.41, 5.74) is 0.349. The van der Waals surface area contributed by atoms with Gasteiger partial charge >= 0.3 is 232 Å². The van der Waals surface area contributed by atoms with Crippen LogP contribution in [0.25, 0.3) is 0 Å². The second kappa shape index (κ2) is 10.3. The topological polar surface area (TPSA) is 104 Å². The van der Waals surface area contributed by atoms with Gasteiger partial charge in [-0.05, 0) is 0 Å². The summed E-state index contributed by atoms with van der Waals surface area (Å²) in [7, 11) is 0. The Morgan fingerprint density at radius 3 is 1.60 bits per heavy atom. The molecule has 5 aromatic carbocycles. The first-order valence-electron chi connectivity index (χ1n) is 12.6. The Morgan fingerprint density at radius 2 is 1.12 bits per heavy atom. The molecule has 0 aliphatic heterocycles. The zero-order chi connectivity index (χ0) is 28.4. The molecule has 0 unspecified atom stereocenters. The standard InChI is InChI=1S/C33H27O6P/c1-23-17-19-28(32(36)37)29(21-23)33(38)39-40(25-11-5-2-6-12-25,26-13-7-3-8-14-26,27-15-9-4-10-16-27)31-22-24(34)18-20-30(31)35/h2-22,34-35H,1H3,(H,36,37). The summed E-state index contributed by atoms with van der Waals surface area (Å²) < 4.78 is 6.89. The van der Waals surface area contributed by atoms with E-state index in [-0.39, 0.29) is 27.9 Å². The first-order chi connectivity index (χ1) is 19.3. The summed E-state index contributed by atoms with van der Waals surface area (Å²) in [6, 6.07) is 35.9. The van der Waals surface area contributed by atoms with E-state index in [0.29, 0.717) is 21.5 Å². The summed E-state index contributed by atoms with van der Waals surface area (Å²) >= 11 is 0. The first kappa shape index (κ1) is 26.7. The van der Waals surface area contributed by atoms with E-state index in [9.17, 15) is 24.9 Å². The van der Waals surface area contributed by atoms with E-state index < -0.39 is 18.8 Å². The molecule has 0 heterocycles. The van der Waals surface area contributed by atoms with E-state index in [1.54, 1.807) is 13.0 Å². The quantitative estimate of drug-likeness (QED) is 0.194. The van der Waals surface area contributed by atoms with E-state index in [1.165, 1.54) is 30.3 Å². The van der Waals surface area contributed by atoms with Crippen molar-refractivity contribution in [2.24, 2.45) is 0 Å². The predicted octanol–water partition coefficient (Wildman–Crippen LogP) is 5.03. The number of hydrogen-bond acceptors (Lipinski definition) is 5. The van der Waals surface area contributed by atoms with E-state index >= 15 is 0 Å². The van der Waals surface area contributed by atoms with Crippen LogP contribution in [0.4, 0.5) is 0 Å². The van der Waals surface area contributed by atoms with Gasteiger partial charge in [-0.2, -0.15) is 0 Å². The molecule has 0 bridgehead atoms. The molecule has 0 spiro atoms. The van der Waals surface area contributed by atoms with Crippen LogP contribution in [0.15, 0.2) is 127 Å². The van der Waals surface area contributed by atoms with Gasteiger partial charge in [0, 0.05) is 0 Å². The fourth-order valence-corrected chi connectivity index (χ4v) is 11.0. The van der Waals surface area contributed by atoms with Crippen molar-refractivity contribution in [1.29, 1.82) is 0 Å². The summed E-state index contributed by atoms with van der Waals surface area (Å²) in [6.45, 7) is -2.98. The minimum absolute atomic E-state index is 0.121. The van der Waals surface area contributed by atoms with Crippen LogP contribution < -0.4 is 21.2 Å². The Balaban J connectivity index is 2.02. The molecule has 5 rings (SSSR count). The number of carbonyl (C=O) groups is 2. The number of benzene rings is 5. The van der Waals surface area contributed by atoms with E-state index in [4.69, 9.17) is 4.52 Å². The molecule has 200 valence electrons. The zero-order valence-electron chi connectivity index (χ0n) is 21.6. The number of carboxylic acid groups (broad SMARTS) is 1. The molecule has 0 saturated carbocycles. The molecular weight excluding hydrogens is 523 g/mol. The Morgan fingerprint density at radius 1 is 0.625 bits per heavy atom. The van der Waals surface area contributed by atoms with Crippen molar-refractivity contribution >= 4 is 40.0 Å². The Kier molecular flexibility index (Phi) is 6.88. The molecule has 5 aromatic rings. The maximum absolute atomic E-state index is 14.4. The van der Waals surface area contributed by atoms with Gasteiger partial charge < -0.3 is 0 Å². The number of rotatable bonds is 7. The number of aromatic carboxylic acids is 1. The van der Waals surface area contributed by atoms with Gasteiger partial charge in [0.2, 0.25) is 0 Å². The number of aryl methyl sites for hydroxylation is 1. The van der Waals surface area contributed by atoms with Crippen LogP contribution in [0.3, 0.4) is 0 Å². The molecule has 6 nitrogen and oxygen atoms in total. The summed E-state index contributed by atoms with van der Waals surface area (Å²) in [5.74, 6) is -2.48. The first-order valence-corrected chi connectivity index (χ1v) is 14.7. The van der Waals surface area contributed by atoms with Gasteiger partial charge in [-0.15, -0.1) is 0 Å². The van der Waals surface area contributed by atoms with Crippen LogP contribution in [-0.4, -0.2) is 27.3 Å². The molecule has 40 heavy (non-hydrogen) atoms. The average molecular weight is 551 g/mol. The number of carbonyl (C=O) groups excluding carboxylic acids is 1. The van der Waals surface area contributed by atoms with Crippen LogP contribution in [0.1, 0.15) is 26.3 Å². The Labute approximate surface area is 231 Å². The van der Waals surface area contributed by atoms with Crippen molar-refractivity contribution in [2.75, 3.05) is 0 Å². The van der Waals surface area contributed by atoms with Crippen molar-refractivity contribution in [3.8, 4) is 11.5 Å². The molecule has 7 heteroatoms. The average Bonchev–Trinajstić information content (AvgIpc) is 2.98. The molecular formula is C33H27O6P. The number of phenols is 2. The van der Waals surface area contributed by atoms with Crippen LogP contribution in [-0.2, 0) is 4.52 Å². The number of phenolic OH excluding ortho intramolecular Hbond substituents is 2. The molecule has 3 N–H and O–H groups in total. The third-order valence-corrected chi connectivity index (χ3v) is 12.7. The third-order valence-electron chi connectivity index (χ3n) is 7.06. The molecule has 0 aliphatic rings. The molecule has 0 radical (unpaired) electrons. The van der Waals surface area contributed by atoms with E-state index in [1.807, 2.05) is 91.0 Å². The molecule has 0 atom stereocenters. The van der Waals surface area contributed by atoms with Crippen LogP contribution in [0.5, 0.6) is 11.5 Å². The van der Waals surface area contributed by atoms with Gasteiger partial charge in [0.1, 0.15) is 0 Å². The van der Waals surface area contributed by atoms with Crippen LogP contribution >= 0.6 is 6.83 Å². The van der Waals surface area contributed by atoms with Gasteiger partial charge in [-0.25, -0.2) is 0 Å². The van der Waals surface area contributed by atoms with Crippen LogP contribution in [0.2, 0.25) is 0 Å². The molecule has 0 amide bonds. The van der Waals surface area contributed by atoms with Crippen molar-refractivity contribution < 1.29 is 29.4 Å². The SMILES string of the molecule is Cc1ccc(C(=O)O)c(C(=O)OP(c2ccccc2)(c2ccccc2)(c2ccccc2)c2cc(O)ccc2O)c1. The van der Waals surface area contributed by atoms with Crippen LogP contribution in [0, 0.1) is 6.92 Å². The van der Waals surface area contributed by atoms with Crippen molar-refractivity contribution in [3.05, 3.63) is 144 Å². The van der Waals surface area contributed by atoms with Crippen molar-refractivity contribution in [2.45, 2.75) is 6.92 Å². The van der Waals surface area contributed by atoms with Gasteiger partial charge in [0.05, 0.1) is 0 Å². The summed E-state index contributed by atoms with van der Waals surface area (Å²) in [6.07, 6.45) is 0. The Hall–Kier alpha value is -4.93. The number of hydrogen-bond donors (Lipinski definition) is 3. The second-order valence-corrected chi connectivity index (χ2v) is 13.7. The van der Waals surface area contributed by atoms with E-state index in [2.05, 4.69) is 0 Å². The van der Waals surface area contributed by atoms with Crippen molar-refractivity contribution in [3.63, 3.8) is 0 Å². The summed E-state index contributed by atoms with van der Waals surface area (Å²) in [4.78, 5) is 26.6. The third kappa shape index (κ3) is 4.10. The maximum atomic E-state index is 14.4. The fraction of sp³-hybridized carbons (Fsp3) is 0.0303. The predicted molar refractivity (Wildman–Crippen MR) is 158 cm³/mol. The number of carboxylic acids is 1. The molecule has 0 saturated heterocycles. The van der Waals surface area contributed by atoms with Crippen molar-refractivity contribution in [1.82, 2.24) is 0 Å². The van der Waals surface area contributed by atoms with E-state index in [0.717, 1.165) is 0 Å². The normalized spacial score (nSPS) is 12.2. The summed E-state index contributed by atoms with van der Waals surface area (Å²) in [5, 5.41) is 34.1. The Bertz CT molecular complexity index is 1600. The monoisotopic (exact) mass is 550 g/mol. The van der Waals surface area contributed by atoms with Gasteiger partial charge in [0.15, 0.2) is 0 Å². The molecule has 0 aliphatic carbocycles. The van der Waals surface area contributed by atoms with Gasteiger partial charge in [-0.3, -0.25) is 0 Å². The van der Waals surface area contributed by atoms with Gasteiger partial charge in [-0.1, -0.05) is 0 Å². The minimum atomic E-state index is -4.74. The zero-order valence-corrected chi connectivity index (χ0v) is 22.5. The molecule has 0 aromatic heterocycles. The molecule has 0 fully saturated rings. The number of aromatic hydroxyl groups is 2. The van der Waals surface area contributed by atoms with Gasteiger partial charge in [0.25, 0.3) is 0 Å².